The average Bonchev–Trinajstić information content (AvgIpc) is 1.99. The molecular formula is C13H23LiSi2. The topological polar surface area (TPSA) is 0 Å². The van der Waals surface area contributed by atoms with Crippen molar-refractivity contribution in [1.29, 1.82) is 0 Å². The van der Waals surface area contributed by atoms with Crippen molar-refractivity contribution < 1.29 is 18.9 Å². The molecule has 0 saturated carbocycles. The molecule has 0 unspecified atom stereocenters. The van der Waals surface area contributed by atoms with Crippen molar-refractivity contribution in [3.8, 4) is 0 Å². The Morgan fingerprint density at radius 3 is 1.69 bits per heavy atom. The van der Waals surface area contributed by atoms with Gasteiger partial charge < -0.3 is 0 Å². The molecule has 1 rings (SSSR count). The van der Waals surface area contributed by atoms with Crippen LogP contribution in [0.5, 0.6) is 0 Å². The Morgan fingerprint density at radius 1 is 0.875 bits per heavy atom. The van der Waals surface area contributed by atoms with Crippen molar-refractivity contribution in [2.75, 3.05) is 0 Å². The molecule has 0 nitrogen and oxygen atoms in total. The summed E-state index contributed by atoms with van der Waals surface area (Å²) in [5.41, 5.74) is 1.26. The van der Waals surface area contributed by atoms with Crippen molar-refractivity contribution >= 4 is 26.5 Å². The van der Waals surface area contributed by atoms with Crippen LogP contribution in [0.25, 0.3) is 0 Å². The van der Waals surface area contributed by atoms with E-state index in [0.29, 0.717) is 0 Å². The maximum Gasteiger partial charge on any atom is 1.00 e. The molecule has 3 heteroatoms. The second-order valence-electron chi connectivity index (χ2n) is 6.34. The zero-order chi connectivity index (χ0) is 11.9. The van der Waals surface area contributed by atoms with Crippen molar-refractivity contribution in [3.05, 3.63) is 30.7 Å². The Bertz CT molecular complexity index is 359. The molecule has 0 spiro atoms. The van der Waals surface area contributed by atoms with Gasteiger partial charge in [-0.25, -0.2) is 0 Å². The van der Waals surface area contributed by atoms with Crippen LogP contribution < -0.4 is 29.2 Å². The van der Waals surface area contributed by atoms with E-state index >= 15 is 0 Å². The van der Waals surface area contributed by atoms with Gasteiger partial charge in [-0.05, 0) is 0 Å². The molecular weight excluding hydrogens is 219 g/mol. The standard InChI is InChI=1S/C13H23Si2.Li/c1-11-9-8-10-12(14(2,3)4)13(11)15(5,6)7;/h8-10H,1H2,2-7H3;/q-1;+1. The number of hydrogen-bond donors (Lipinski definition) is 0. The summed E-state index contributed by atoms with van der Waals surface area (Å²) in [6.45, 7) is 18.7. The van der Waals surface area contributed by atoms with Gasteiger partial charge in [0.15, 0.2) is 0 Å². The van der Waals surface area contributed by atoms with Crippen molar-refractivity contribution in [2.24, 2.45) is 0 Å². The summed E-state index contributed by atoms with van der Waals surface area (Å²) >= 11 is 0. The minimum atomic E-state index is -1.26. The van der Waals surface area contributed by atoms with Crippen molar-refractivity contribution in [3.63, 3.8) is 0 Å². The largest absolute Gasteiger partial charge is 1.00 e. The second kappa shape index (κ2) is 5.18. The van der Waals surface area contributed by atoms with Crippen LogP contribution in [0, 0.1) is 6.92 Å². The van der Waals surface area contributed by atoms with Crippen LogP contribution in [0.1, 0.15) is 5.56 Å². The van der Waals surface area contributed by atoms with E-state index in [0.717, 1.165) is 0 Å². The molecule has 0 aliphatic heterocycles. The molecule has 0 atom stereocenters. The van der Waals surface area contributed by atoms with E-state index in [-0.39, 0.29) is 18.9 Å². The molecule has 0 saturated heterocycles. The van der Waals surface area contributed by atoms with Gasteiger partial charge in [-0.1, -0.05) is 45.3 Å². The van der Waals surface area contributed by atoms with Crippen LogP contribution in [-0.4, -0.2) is 16.1 Å². The van der Waals surface area contributed by atoms with Gasteiger partial charge in [0.05, 0.1) is 8.07 Å². The van der Waals surface area contributed by atoms with Crippen LogP contribution in [0.3, 0.4) is 0 Å². The van der Waals surface area contributed by atoms with Crippen LogP contribution in [0.4, 0.5) is 0 Å². The van der Waals surface area contributed by atoms with Gasteiger partial charge in [-0.2, -0.15) is 23.7 Å². The van der Waals surface area contributed by atoms with Crippen LogP contribution in [-0.2, 0) is 0 Å². The smallest absolute Gasteiger partial charge is 0.199 e. The predicted molar refractivity (Wildman–Crippen MR) is 76.9 cm³/mol. The zero-order valence-electron chi connectivity index (χ0n) is 11.9. The van der Waals surface area contributed by atoms with Crippen LogP contribution >= 0.6 is 0 Å². The molecule has 16 heavy (non-hydrogen) atoms. The minimum absolute atomic E-state index is 0. The first kappa shape index (κ1) is 16.1. The predicted octanol–water partition coefficient (Wildman–Crippen LogP) is -0.0368. The first-order chi connectivity index (χ1) is 6.64. The van der Waals surface area contributed by atoms with Gasteiger partial charge in [0, 0.05) is 8.07 Å². The van der Waals surface area contributed by atoms with Gasteiger partial charge in [0.2, 0.25) is 0 Å². The summed E-state index contributed by atoms with van der Waals surface area (Å²) in [4.78, 5) is 0. The fourth-order valence-electron chi connectivity index (χ4n) is 2.11. The van der Waals surface area contributed by atoms with E-state index in [1.54, 1.807) is 10.4 Å². The molecule has 1 aromatic carbocycles. The molecule has 0 aromatic heterocycles. The molecule has 0 heterocycles. The van der Waals surface area contributed by atoms with Gasteiger partial charge in [0.25, 0.3) is 0 Å². The van der Waals surface area contributed by atoms with E-state index in [4.69, 9.17) is 0 Å². The molecule has 0 aliphatic rings. The summed E-state index contributed by atoms with van der Waals surface area (Å²) in [6, 6.07) is 6.66. The maximum atomic E-state index is 4.22. The number of rotatable bonds is 2. The minimum Gasteiger partial charge on any atom is -0.199 e. The summed E-state index contributed by atoms with van der Waals surface area (Å²) in [6.07, 6.45) is 0. The molecule has 1 aromatic rings. The quantitative estimate of drug-likeness (QED) is 0.504. The second-order valence-corrected chi connectivity index (χ2v) is 16.4. The molecule has 0 amide bonds. The Balaban J connectivity index is 0.00000225. The van der Waals surface area contributed by atoms with E-state index < -0.39 is 16.1 Å². The van der Waals surface area contributed by atoms with Crippen LogP contribution in [0.15, 0.2) is 18.2 Å². The summed E-state index contributed by atoms with van der Waals surface area (Å²) in [5.74, 6) is 0. The van der Waals surface area contributed by atoms with Gasteiger partial charge >= 0.3 is 18.9 Å². The van der Waals surface area contributed by atoms with E-state index in [2.05, 4.69) is 64.4 Å². The fraction of sp³-hybridized carbons (Fsp3) is 0.462. The summed E-state index contributed by atoms with van der Waals surface area (Å²) < 4.78 is 0. The monoisotopic (exact) mass is 242 g/mol. The third-order valence-electron chi connectivity index (χ3n) is 2.71. The Hall–Kier alpha value is 0.121. The normalized spacial score (nSPS) is 12.1. The first-order valence-electron chi connectivity index (χ1n) is 5.60. The van der Waals surface area contributed by atoms with E-state index in [1.807, 2.05) is 0 Å². The third-order valence-corrected chi connectivity index (χ3v) is 7.08. The van der Waals surface area contributed by atoms with Gasteiger partial charge in [0.1, 0.15) is 0 Å². The maximum absolute atomic E-state index is 4.22. The average molecular weight is 242 g/mol. The number of benzene rings is 1. The molecule has 0 N–H and O–H groups in total. The molecule has 0 radical (unpaired) electrons. The van der Waals surface area contributed by atoms with E-state index in [9.17, 15) is 0 Å². The van der Waals surface area contributed by atoms with Gasteiger partial charge in [-0.15, -0.1) is 11.3 Å². The zero-order valence-corrected chi connectivity index (χ0v) is 13.9. The summed E-state index contributed by atoms with van der Waals surface area (Å²) in [5, 5.41) is 3.22. The molecule has 0 bridgehead atoms. The van der Waals surface area contributed by atoms with Gasteiger partial charge in [-0.3, -0.25) is 0 Å². The number of hydrogen-bond acceptors (Lipinski definition) is 0. The third kappa shape index (κ3) is 3.56. The Morgan fingerprint density at radius 2 is 1.38 bits per heavy atom. The molecule has 0 aliphatic carbocycles. The molecule has 84 valence electrons. The molecule has 0 fully saturated rings. The fourth-order valence-corrected chi connectivity index (χ4v) is 7.81. The van der Waals surface area contributed by atoms with Crippen molar-refractivity contribution in [2.45, 2.75) is 39.3 Å². The Labute approximate surface area is 115 Å². The van der Waals surface area contributed by atoms with Crippen molar-refractivity contribution in [1.82, 2.24) is 0 Å². The SMILES string of the molecule is [CH2-]c1cccc([Si](C)(C)C)c1[Si](C)(C)C.[Li+]. The van der Waals surface area contributed by atoms with Crippen LogP contribution in [0.2, 0.25) is 39.3 Å². The van der Waals surface area contributed by atoms with E-state index in [1.165, 1.54) is 5.56 Å². The first-order valence-corrected chi connectivity index (χ1v) is 12.6. The summed E-state index contributed by atoms with van der Waals surface area (Å²) in [7, 11) is -2.48. The Kier molecular flexibility index (Phi) is 5.22.